The van der Waals surface area contributed by atoms with Crippen molar-refractivity contribution in [3.8, 4) is 0 Å². The summed E-state index contributed by atoms with van der Waals surface area (Å²) in [6.45, 7) is 2.02. The van der Waals surface area contributed by atoms with Crippen LogP contribution in [0.2, 0.25) is 0 Å². The van der Waals surface area contributed by atoms with Crippen LogP contribution in [0.3, 0.4) is 0 Å². The van der Waals surface area contributed by atoms with Gasteiger partial charge >= 0.3 is 0 Å². The van der Waals surface area contributed by atoms with E-state index < -0.39 is 0 Å². The molecule has 16 heavy (non-hydrogen) atoms. The van der Waals surface area contributed by atoms with E-state index in [-0.39, 0.29) is 5.56 Å². The Morgan fingerprint density at radius 3 is 2.62 bits per heavy atom. The van der Waals surface area contributed by atoms with E-state index in [0.717, 1.165) is 5.69 Å². The fourth-order valence-electron chi connectivity index (χ4n) is 1.27. The molecule has 0 atom stereocenters. The first-order valence-corrected chi connectivity index (χ1v) is 5.80. The number of aromatic nitrogens is 1. The Labute approximate surface area is 97.4 Å². The van der Waals surface area contributed by atoms with E-state index in [2.05, 4.69) is 4.99 Å². The zero-order valence-electron chi connectivity index (χ0n) is 9.18. The molecule has 0 amide bonds. The van der Waals surface area contributed by atoms with E-state index in [4.69, 9.17) is 0 Å². The van der Waals surface area contributed by atoms with E-state index in [1.807, 2.05) is 36.6 Å². The molecule has 0 aliphatic rings. The van der Waals surface area contributed by atoms with Crippen LogP contribution in [0.5, 0.6) is 0 Å². The zero-order valence-corrected chi connectivity index (χ0v) is 9.99. The van der Waals surface area contributed by atoms with Crippen LogP contribution in [0.25, 0.3) is 0 Å². The van der Waals surface area contributed by atoms with Gasteiger partial charge in [-0.3, -0.25) is 4.79 Å². The first-order chi connectivity index (χ1) is 7.66. The summed E-state index contributed by atoms with van der Waals surface area (Å²) in [5.41, 5.74) is 1.93. The van der Waals surface area contributed by atoms with Crippen molar-refractivity contribution in [2.45, 2.75) is 6.92 Å². The SMILES string of the molecule is Cc1ccc(N=c2sccn(C)c2=O)cc1. The summed E-state index contributed by atoms with van der Waals surface area (Å²) in [4.78, 5) is 16.0. The highest BCUT2D eigenvalue weighted by Gasteiger charge is 1.94. The van der Waals surface area contributed by atoms with Gasteiger partial charge in [0.1, 0.15) is 0 Å². The molecular weight excluding hydrogens is 220 g/mol. The average Bonchev–Trinajstić information content (AvgIpc) is 2.28. The molecule has 1 aromatic heterocycles. The Balaban J connectivity index is 2.56. The van der Waals surface area contributed by atoms with E-state index >= 15 is 0 Å². The number of nitrogens with zero attached hydrogens (tertiary/aromatic N) is 2. The first-order valence-electron chi connectivity index (χ1n) is 4.92. The highest BCUT2D eigenvalue weighted by Crippen LogP contribution is 2.10. The standard InChI is InChI=1S/C12H12N2OS/c1-9-3-5-10(6-4-9)13-11-12(15)14(2)7-8-16-11/h3-8H,1-2H3. The van der Waals surface area contributed by atoms with Crippen molar-refractivity contribution in [3.05, 3.63) is 56.4 Å². The Morgan fingerprint density at radius 1 is 1.25 bits per heavy atom. The van der Waals surface area contributed by atoms with Crippen molar-refractivity contribution < 1.29 is 0 Å². The molecule has 1 aromatic carbocycles. The number of rotatable bonds is 1. The molecule has 0 fully saturated rings. The second-order valence-electron chi connectivity index (χ2n) is 3.57. The molecule has 0 spiro atoms. The molecule has 82 valence electrons. The van der Waals surface area contributed by atoms with E-state index in [9.17, 15) is 4.79 Å². The lowest BCUT2D eigenvalue weighted by atomic mass is 10.2. The summed E-state index contributed by atoms with van der Waals surface area (Å²) < 4.78 is 2.04. The number of hydrogen-bond acceptors (Lipinski definition) is 3. The summed E-state index contributed by atoms with van der Waals surface area (Å²) >= 11 is 1.35. The Bertz CT molecular complexity index is 608. The maximum Gasteiger partial charge on any atom is 0.286 e. The van der Waals surface area contributed by atoms with Crippen LogP contribution >= 0.6 is 11.3 Å². The average molecular weight is 232 g/mol. The highest BCUT2D eigenvalue weighted by molar-refractivity contribution is 7.07. The lowest BCUT2D eigenvalue weighted by molar-refractivity contribution is 0.856. The van der Waals surface area contributed by atoms with E-state index in [1.54, 1.807) is 13.2 Å². The van der Waals surface area contributed by atoms with Crippen molar-refractivity contribution in [1.29, 1.82) is 0 Å². The zero-order chi connectivity index (χ0) is 11.5. The third kappa shape index (κ3) is 2.28. The van der Waals surface area contributed by atoms with Gasteiger partial charge in [0.2, 0.25) is 0 Å². The van der Waals surface area contributed by atoms with Crippen molar-refractivity contribution in [2.24, 2.45) is 12.0 Å². The van der Waals surface area contributed by atoms with Gasteiger partial charge in [0, 0.05) is 18.6 Å². The van der Waals surface area contributed by atoms with Crippen LogP contribution in [-0.4, -0.2) is 4.57 Å². The summed E-state index contributed by atoms with van der Waals surface area (Å²) in [7, 11) is 1.73. The quantitative estimate of drug-likeness (QED) is 0.740. The van der Waals surface area contributed by atoms with Gasteiger partial charge in [0.15, 0.2) is 4.67 Å². The van der Waals surface area contributed by atoms with Gasteiger partial charge in [0.05, 0.1) is 5.69 Å². The number of hydrogen-bond donors (Lipinski definition) is 0. The number of benzene rings is 1. The third-order valence-electron chi connectivity index (χ3n) is 2.23. The minimum atomic E-state index is -0.0620. The fraction of sp³-hybridized carbons (Fsp3) is 0.167. The molecule has 1 heterocycles. The van der Waals surface area contributed by atoms with Crippen molar-refractivity contribution in [2.75, 3.05) is 0 Å². The topological polar surface area (TPSA) is 34.4 Å². The van der Waals surface area contributed by atoms with Crippen LogP contribution in [0.4, 0.5) is 5.69 Å². The highest BCUT2D eigenvalue weighted by atomic mass is 32.1. The molecule has 0 aliphatic heterocycles. The number of aryl methyl sites for hydroxylation is 2. The molecule has 2 rings (SSSR count). The Morgan fingerprint density at radius 2 is 1.94 bits per heavy atom. The molecule has 0 N–H and O–H groups in total. The predicted molar refractivity (Wildman–Crippen MR) is 66.0 cm³/mol. The van der Waals surface area contributed by atoms with E-state index in [0.29, 0.717) is 4.67 Å². The van der Waals surface area contributed by atoms with Gasteiger partial charge in [-0.25, -0.2) is 4.99 Å². The van der Waals surface area contributed by atoms with Gasteiger partial charge in [-0.05, 0) is 19.1 Å². The summed E-state index contributed by atoms with van der Waals surface area (Å²) in [5, 5.41) is 1.86. The summed E-state index contributed by atoms with van der Waals surface area (Å²) in [6.07, 6.45) is 1.74. The van der Waals surface area contributed by atoms with Gasteiger partial charge in [-0.15, -0.1) is 11.3 Å². The fourth-order valence-corrected chi connectivity index (χ4v) is 2.04. The van der Waals surface area contributed by atoms with Crippen LogP contribution in [0, 0.1) is 6.92 Å². The molecule has 3 nitrogen and oxygen atoms in total. The molecule has 0 radical (unpaired) electrons. The molecule has 0 saturated heterocycles. The van der Waals surface area contributed by atoms with Crippen molar-refractivity contribution in [1.82, 2.24) is 4.57 Å². The monoisotopic (exact) mass is 232 g/mol. The lowest BCUT2D eigenvalue weighted by Crippen LogP contribution is -2.30. The summed E-state index contributed by atoms with van der Waals surface area (Å²) in [6, 6.07) is 7.79. The van der Waals surface area contributed by atoms with Crippen LogP contribution in [0.1, 0.15) is 5.56 Å². The minimum absolute atomic E-state index is 0.0620. The molecule has 0 unspecified atom stereocenters. The smallest absolute Gasteiger partial charge is 0.286 e. The largest absolute Gasteiger partial charge is 0.315 e. The first kappa shape index (κ1) is 10.8. The van der Waals surface area contributed by atoms with Crippen molar-refractivity contribution in [3.63, 3.8) is 0 Å². The molecule has 2 aromatic rings. The van der Waals surface area contributed by atoms with Crippen LogP contribution in [0.15, 0.2) is 45.6 Å². The van der Waals surface area contributed by atoms with Crippen LogP contribution in [-0.2, 0) is 7.05 Å². The molecule has 4 heteroatoms. The summed E-state index contributed by atoms with van der Waals surface area (Å²) in [5.74, 6) is 0. The second kappa shape index (κ2) is 4.45. The lowest BCUT2D eigenvalue weighted by Gasteiger charge is -1.95. The normalized spacial score (nSPS) is 11.8. The predicted octanol–water partition coefficient (Wildman–Crippen LogP) is 1.99. The van der Waals surface area contributed by atoms with E-state index in [1.165, 1.54) is 21.5 Å². The van der Waals surface area contributed by atoms with Crippen LogP contribution < -0.4 is 10.2 Å². The molecule has 0 saturated carbocycles. The van der Waals surface area contributed by atoms with Gasteiger partial charge in [0.25, 0.3) is 5.56 Å². The van der Waals surface area contributed by atoms with Crippen molar-refractivity contribution >= 4 is 17.0 Å². The Kier molecular flexibility index (Phi) is 3.01. The maximum absolute atomic E-state index is 11.7. The molecule has 0 aliphatic carbocycles. The minimum Gasteiger partial charge on any atom is -0.315 e. The maximum atomic E-state index is 11.7. The molecular formula is C12H12N2OS. The molecule has 0 bridgehead atoms. The van der Waals surface area contributed by atoms with Gasteiger partial charge in [-0.2, -0.15) is 0 Å². The Hall–Kier alpha value is -1.68. The van der Waals surface area contributed by atoms with Gasteiger partial charge in [-0.1, -0.05) is 17.7 Å². The third-order valence-corrected chi connectivity index (χ3v) is 2.98. The van der Waals surface area contributed by atoms with Gasteiger partial charge < -0.3 is 4.57 Å². The second-order valence-corrected chi connectivity index (χ2v) is 4.47.